The van der Waals surface area contributed by atoms with Crippen LogP contribution >= 0.6 is 0 Å². The Bertz CT molecular complexity index is 4530. The number of nitrogens with zero attached hydrogens (tertiary/aromatic N) is 2. The summed E-state index contributed by atoms with van der Waals surface area (Å²) in [4.78, 5) is 2.48. The minimum atomic E-state index is -0.448. The van der Waals surface area contributed by atoms with E-state index in [-0.39, 0.29) is 0 Å². The van der Waals surface area contributed by atoms with Gasteiger partial charge in [-0.2, -0.15) is 0 Å². The fraction of sp³-hybridized carbons (Fsp3) is 0.0145. The average molecular weight is 915 g/mol. The minimum Gasteiger partial charge on any atom is -0.455 e. The summed E-state index contributed by atoms with van der Waals surface area (Å²) < 4.78 is 9.17. The molecule has 2 aliphatic rings. The lowest BCUT2D eigenvalue weighted by Gasteiger charge is -2.31. The van der Waals surface area contributed by atoms with Crippen molar-refractivity contribution in [1.29, 1.82) is 0 Å². The summed E-state index contributed by atoms with van der Waals surface area (Å²) in [6.07, 6.45) is 0. The molecule has 2 heterocycles. The molecule has 0 radical (unpaired) electrons. The molecule has 0 saturated heterocycles. The average Bonchev–Trinajstić information content (AvgIpc) is 4.18. The molecule has 0 saturated carbocycles. The maximum Gasteiger partial charge on any atom is 0.143 e. The molecule has 0 amide bonds. The summed E-state index contributed by atoms with van der Waals surface area (Å²) in [7, 11) is 0. The Hall–Kier alpha value is -9.44. The van der Waals surface area contributed by atoms with Crippen molar-refractivity contribution in [3.05, 3.63) is 277 Å². The quantitative estimate of drug-likeness (QED) is 0.160. The van der Waals surface area contributed by atoms with Crippen LogP contribution in [0, 0.1) is 0 Å². The summed E-state index contributed by atoms with van der Waals surface area (Å²) in [5.74, 6) is 0. The summed E-state index contributed by atoms with van der Waals surface area (Å²) >= 11 is 0. The molecule has 14 aromatic rings. The monoisotopic (exact) mass is 914 g/mol. The van der Waals surface area contributed by atoms with Crippen molar-refractivity contribution in [2.45, 2.75) is 5.41 Å². The molecule has 1 spiro atoms. The van der Waals surface area contributed by atoms with E-state index in [1.165, 1.54) is 76.8 Å². The van der Waals surface area contributed by atoms with E-state index in [4.69, 9.17) is 4.42 Å². The van der Waals surface area contributed by atoms with Crippen molar-refractivity contribution in [3.8, 4) is 39.1 Å². The largest absolute Gasteiger partial charge is 0.455 e. The summed E-state index contributed by atoms with van der Waals surface area (Å²) in [6.45, 7) is 0. The van der Waals surface area contributed by atoms with Crippen molar-refractivity contribution in [2.75, 3.05) is 4.90 Å². The molecule has 2 aromatic heterocycles. The third kappa shape index (κ3) is 5.24. The maximum absolute atomic E-state index is 6.73. The maximum atomic E-state index is 6.73. The van der Waals surface area contributed by atoms with Gasteiger partial charge in [0, 0.05) is 49.6 Å². The van der Waals surface area contributed by atoms with Gasteiger partial charge >= 0.3 is 0 Å². The Labute approximate surface area is 415 Å². The Morgan fingerprint density at radius 3 is 1.65 bits per heavy atom. The number of anilines is 3. The van der Waals surface area contributed by atoms with Crippen LogP contribution in [0.15, 0.2) is 259 Å². The predicted octanol–water partition coefficient (Wildman–Crippen LogP) is 18.5. The first-order valence-corrected chi connectivity index (χ1v) is 24.9. The molecule has 3 heteroatoms. The van der Waals surface area contributed by atoms with Gasteiger partial charge in [-0.05, 0) is 133 Å². The molecule has 0 unspecified atom stereocenters. The molecule has 16 rings (SSSR count). The number of para-hydroxylation sites is 2. The highest BCUT2D eigenvalue weighted by Crippen LogP contribution is 2.64. The van der Waals surface area contributed by atoms with E-state index >= 15 is 0 Å². The molecule has 334 valence electrons. The number of hydrogen-bond donors (Lipinski definition) is 0. The predicted molar refractivity (Wildman–Crippen MR) is 299 cm³/mol. The Balaban J connectivity index is 0.913. The van der Waals surface area contributed by atoms with Gasteiger partial charge in [-0.1, -0.05) is 188 Å². The van der Waals surface area contributed by atoms with E-state index in [1.54, 1.807) is 0 Å². The summed E-state index contributed by atoms with van der Waals surface area (Å²) in [5, 5.41) is 9.49. The lowest BCUT2D eigenvalue weighted by Crippen LogP contribution is -2.26. The third-order valence-corrected chi connectivity index (χ3v) is 16.0. The Kier molecular flexibility index (Phi) is 8.09. The molecule has 0 atom stereocenters. The van der Waals surface area contributed by atoms with Crippen LogP contribution in [0.5, 0.6) is 0 Å². The third-order valence-electron chi connectivity index (χ3n) is 16.0. The van der Waals surface area contributed by atoms with Gasteiger partial charge in [0.25, 0.3) is 0 Å². The van der Waals surface area contributed by atoms with E-state index in [2.05, 4.69) is 264 Å². The normalized spacial score (nSPS) is 13.1. The van der Waals surface area contributed by atoms with E-state index < -0.39 is 5.41 Å². The minimum absolute atomic E-state index is 0.448. The molecule has 72 heavy (non-hydrogen) atoms. The van der Waals surface area contributed by atoms with Gasteiger partial charge in [0.15, 0.2) is 0 Å². The first-order valence-electron chi connectivity index (χ1n) is 24.9. The molecule has 12 aromatic carbocycles. The van der Waals surface area contributed by atoms with Gasteiger partial charge in [-0.3, -0.25) is 0 Å². The van der Waals surface area contributed by atoms with E-state index in [1.807, 2.05) is 0 Å². The number of benzene rings is 12. The Morgan fingerprint density at radius 2 is 0.917 bits per heavy atom. The van der Waals surface area contributed by atoms with Crippen LogP contribution in [0.1, 0.15) is 22.3 Å². The number of rotatable bonds is 5. The van der Waals surface area contributed by atoms with Crippen LogP contribution in [0.25, 0.3) is 104 Å². The van der Waals surface area contributed by atoms with Crippen molar-refractivity contribution in [3.63, 3.8) is 0 Å². The second kappa shape index (κ2) is 14.8. The second-order valence-corrected chi connectivity index (χ2v) is 19.5. The number of furan rings is 1. The van der Waals surface area contributed by atoms with Gasteiger partial charge in [0.05, 0.1) is 22.1 Å². The topological polar surface area (TPSA) is 21.3 Å². The fourth-order valence-electron chi connectivity index (χ4n) is 13.1. The summed E-state index contributed by atoms with van der Waals surface area (Å²) in [6, 6.07) is 94.0. The fourth-order valence-corrected chi connectivity index (χ4v) is 13.1. The van der Waals surface area contributed by atoms with E-state index in [9.17, 15) is 0 Å². The highest BCUT2D eigenvalue weighted by Gasteiger charge is 2.52. The lowest BCUT2D eigenvalue weighted by atomic mass is 9.70. The van der Waals surface area contributed by atoms with Gasteiger partial charge in [0.1, 0.15) is 11.2 Å². The van der Waals surface area contributed by atoms with Crippen LogP contribution < -0.4 is 4.90 Å². The number of fused-ring (bicyclic) bond motifs is 21. The molecular formula is C69H42N2O. The smallest absolute Gasteiger partial charge is 0.143 e. The zero-order valence-corrected chi connectivity index (χ0v) is 39.1. The van der Waals surface area contributed by atoms with E-state index in [0.717, 1.165) is 66.8 Å². The van der Waals surface area contributed by atoms with Crippen molar-refractivity contribution in [1.82, 2.24) is 4.57 Å². The second-order valence-electron chi connectivity index (χ2n) is 19.5. The first kappa shape index (κ1) is 39.4. The van der Waals surface area contributed by atoms with Gasteiger partial charge < -0.3 is 13.9 Å². The number of hydrogen-bond acceptors (Lipinski definition) is 2. The number of aromatic nitrogens is 1. The van der Waals surface area contributed by atoms with Crippen LogP contribution in [-0.2, 0) is 5.41 Å². The van der Waals surface area contributed by atoms with Crippen molar-refractivity contribution >= 4 is 82.4 Å². The molecule has 2 aliphatic carbocycles. The first-order chi connectivity index (χ1) is 35.7. The molecule has 0 bridgehead atoms. The summed E-state index contributed by atoms with van der Waals surface area (Å²) in [5.41, 5.74) is 20.9. The molecule has 0 N–H and O–H groups in total. The Morgan fingerprint density at radius 1 is 0.347 bits per heavy atom. The van der Waals surface area contributed by atoms with Crippen molar-refractivity contribution < 1.29 is 4.42 Å². The van der Waals surface area contributed by atoms with Crippen LogP contribution in [0.4, 0.5) is 17.1 Å². The van der Waals surface area contributed by atoms with Crippen LogP contribution in [0.2, 0.25) is 0 Å². The zero-order valence-electron chi connectivity index (χ0n) is 39.1. The molecular weight excluding hydrogens is 873 g/mol. The SMILES string of the molecule is c1ccc(N(c2ccc3c4cc(-c5ccc6oc7c8ccccc8c8ccccc8c7c6c5)ccc4n(-c4ccccc4)c3c2)c2cccc3c2-c2ccccc2C32c3ccccc3-c3ccccc32)cc1. The van der Waals surface area contributed by atoms with E-state index in [0.29, 0.717) is 0 Å². The lowest BCUT2D eigenvalue weighted by molar-refractivity contribution is 0.673. The highest BCUT2D eigenvalue weighted by atomic mass is 16.3. The zero-order chi connectivity index (χ0) is 47.1. The standard InChI is InChI=1S/C69H42N2O/c1-3-18-45(19-4-1)70(63-33-17-32-61-67(63)55-28-13-16-31-60(55)69(61)58-29-14-11-24-50(58)51-25-12-15-30-59(51)69)47-36-37-52-56-40-43(34-38-62(56)71(64(52)42-47)46-20-5-2-6-21-46)44-35-39-65-57(41-44)66-53-26-9-7-22-48(53)49-23-8-10-27-54(49)68(66)72-65/h1-42H. The van der Waals surface area contributed by atoms with Crippen LogP contribution in [-0.4, -0.2) is 4.57 Å². The van der Waals surface area contributed by atoms with Gasteiger partial charge in [-0.25, -0.2) is 0 Å². The molecule has 0 aliphatic heterocycles. The highest BCUT2D eigenvalue weighted by molar-refractivity contribution is 6.30. The van der Waals surface area contributed by atoms with Gasteiger partial charge in [0.2, 0.25) is 0 Å². The van der Waals surface area contributed by atoms with Gasteiger partial charge in [-0.15, -0.1) is 0 Å². The van der Waals surface area contributed by atoms with Crippen LogP contribution in [0.3, 0.4) is 0 Å². The molecule has 3 nitrogen and oxygen atoms in total. The van der Waals surface area contributed by atoms with Crippen molar-refractivity contribution in [2.24, 2.45) is 0 Å². The molecule has 0 fully saturated rings.